The molecule has 2 aromatic carbocycles. The highest BCUT2D eigenvalue weighted by Crippen LogP contribution is 2.14. The lowest BCUT2D eigenvalue weighted by atomic mass is 10.2. The van der Waals surface area contributed by atoms with Gasteiger partial charge in [0.2, 0.25) is 5.78 Å². The van der Waals surface area contributed by atoms with Crippen LogP contribution in [0.3, 0.4) is 0 Å². The van der Waals surface area contributed by atoms with Crippen LogP contribution in [0.1, 0.15) is 21.6 Å². The number of nitrogens with one attached hydrogen (secondary N) is 1. The number of para-hydroxylation sites is 2. The van der Waals surface area contributed by atoms with Crippen molar-refractivity contribution in [1.82, 2.24) is 14.4 Å². The fourth-order valence-electron chi connectivity index (χ4n) is 3.06. The third-order valence-electron chi connectivity index (χ3n) is 4.44. The Hall–Kier alpha value is -3.48. The molecule has 0 fully saturated rings. The van der Waals surface area contributed by atoms with Gasteiger partial charge < -0.3 is 9.72 Å². The van der Waals surface area contributed by atoms with E-state index in [2.05, 4.69) is 9.97 Å². The van der Waals surface area contributed by atoms with Crippen molar-refractivity contribution in [3.05, 3.63) is 81.5 Å². The van der Waals surface area contributed by atoms with Crippen LogP contribution in [0.15, 0.2) is 53.3 Å². The largest absolute Gasteiger partial charge is 0.462 e. The van der Waals surface area contributed by atoms with E-state index in [4.69, 9.17) is 4.74 Å². The second-order valence-corrected chi connectivity index (χ2v) is 6.19. The Balaban J connectivity index is 1.58. The fourth-order valence-corrected chi connectivity index (χ4v) is 3.06. The first-order chi connectivity index (χ1) is 13.0. The van der Waals surface area contributed by atoms with Gasteiger partial charge in [-0.3, -0.25) is 4.79 Å². The molecule has 0 aliphatic carbocycles. The number of halogens is 1. The smallest absolute Gasteiger partial charge is 0.338 e. The van der Waals surface area contributed by atoms with Gasteiger partial charge in [0.25, 0.3) is 5.56 Å². The van der Waals surface area contributed by atoms with Crippen LogP contribution in [0.2, 0.25) is 0 Å². The van der Waals surface area contributed by atoms with E-state index in [0.717, 1.165) is 11.0 Å². The van der Waals surface area contributed by atoms with Gasteiger partial charge >= 0.3 is 5.97 Å². The van der Waals surface area contributed by atoms with E-state index >= 15 is 0 Å². The van der Waals surface area contributed by atoms with Crippen molar-refractivity contribution in [2.24, 2.45) is 0 Å². The lowest BCUT2D eigenvalue weighted by Gasteiger charge is -2.08. The predicted molar refractivity (Wildman–Crippen MR) is 98.4 cm³/mol. The molecule has 136 valence electrons. The number of hydrogen-bond donors (Lipinski definition) is 1. The summed E-state index contributed by atoms with van der Waals surface area (Å²) in [4.78, 5) is 32.5. The Bertz CT molecular complexity index is 1210. The van der Waals surface area contributed by atoms with Crippen molar-refractivity contribution in [2.75, 3.05) is 6.61 Å². The highest BCUT2D eigenvalue weighted by atomic mass is 19.1. The van der Waals surface area contributed by atoms with Gasteiger partial charge in [-0.1, -0.05) is 12.1 Å². The van der Waals surface area contributed by atoms with Gasteiger partial charge in [0, 0.05) is 17.7 Å². The molecule has 4 aromatic rings. The number of benzene rings is 2. The van der Waals surface area contributed by atoms with Crippen LogP contribution in [0.5, 0.6) is 0 Å². The number of ether oxygens (including phenoxy) is 1. The number of carbonyl (C=O) groups is 1. The minimum atomic E-state index is -0.557. The number of aryl methyl sites for hydroxylation is 1. The number of H-pyrrole nitrogens is 1. The lowest BCUT2D eigenvalue weighted by Crippen LogP contribution is -2.22. The number of esters is 1. The molecule has 4 rings (SSSR count). The molecule has 2 heterocycles. The van der Waals surface area contributed by atoms with Crippen molar-refractivity contribution < 1.29 is 13.9 Å². The second-order valence-electron chi connectivity index (χ2n) is 6.19. The van der Waals surface area contributed by atoms with Crippen LogP contribution in [-0.2, 0) is 11.2 Å². The van der Waals surface area contributed by atoms with Crippen LogP contribution >= 0.6 is 0 Å². The molecule has 0 atom stereocenters. The number of nitrogens with zero attached hydrogens (tertiary/aromatic N) is 2. The topological polar surface area (TPSA) is 76.5 Å². The zero-order chi connectivity index (χ0) is 19.0. The molecule has 6 nitrogen and oxygen atoms in total. The molecule has 0 saturated carbocycles. The molecular weight excluding hydrogens is 349 g/mol. The average Bonchev–Trinajstić information content (AvgIpc) is 3.03. The van der Waals surface area contributed by atoms with E-state index in [-0.39, 0.29) is 24.2 Å². The molecular formula is C20H16FN3O3. The molecule has 1 N–H and O–H groups in total. The van der Waals surface area contributed by atoms with Crippen LogP contribution in [0.4, 0.5) is 4.39 Å². The standard InChI is InChI=1S/C20H16FN3O3/c1-12-15(10-11-27-19(26)13-6-8-14(21)9-7-13)18(25)24-17-5-3-2-4-16(17)23-20(24)22-12/h2-9H,10-11H2,1H3,(H,22,23). The summed E-state index contributed by atoms with van der Waals surface area (Å²) in [6.45, 7) is 1.83. The van der Waals surface area contributed by atoms with Crippen LogP contribution in [0.25, 0.3) is 16.8 Å². The van der Waals surface area contributed by atoms with Gasteiger partial charge in [0.1, 0.15) is 5.82 Å². The molecule has 0 amide bonds. The Morgan fingerprint density at radius 2 is 1.93 bits per heavy atom. The molecule has 0 aliphatic heterocycles. The van der Waals surface area contributed by atoms with Crippen molar-refractivity contribution in [3.63, 3.8) is 0 Å². The van der Waals surface area contributed by atoms with E-state index in [9.17, 15) is 14.0 Å². The zero-order valence-corrected chi connectivity index (χ0v) is 14.5. The maximum absolute atomic E-state index is 12.9. The number of aromatic amines is 1. The summed E-state index contributed by atoms with van der Waals surface area (Å²) in [5, 5.41) is 0. The third kappa shape index (κ3) is 3.08. The van der Waals surface area contributed by atoms with E-state index in [0.29, 0.717) is 17.0 Å². The quantitative estimate of drug-likeness (QED) is 0.564. The van der Waals surface area contributed by atoms with Crippen molar-refractivity contribution in [2.45, 2.75) is 13.3 Å². The molecule has 0 saturated heterocycles. The second kappa shape index (κ2) is 6.68. The summed E-state index contributed by atoms with van der Waals surface area (Å²) in [6, 6.07) is 12.5. The van der Waals surface area contributed by atoms with E-state index in [1.54, 1.807) is 6.92 Å². The summed E-state index contributed by atoms with van der Waals surface area (Å²) in [5.74, 6) is -0.501. The van der Waals surface area contributed by atoms with Gasteiger partial charge in [-0.2, -0.15) is 0 Å². The van der Waals surface area contributed by atoms with Gasteiger partial charge in [-0.25, -0.2) is 18.6 Å². The number of carbonyl (C=O) groups excluding carboxylic acids is 1. The molecule has 2 aromatic heterocycles. The van der Waals surface area contributed by atoms with Gasteiger partial charge in [-0.05, 0) is 43.3 Å². The van der Waals surface area contributed by atoms with Gasteiger partial charge in [-0.15, -0.1) is 0 Å². The molecule has 0 aliphatic rings. The Morgan fingerprint density at radius 3 is 2.70 bits per heavy atom. The number of aromatic nitrogens is 3. The summed E-state index contributed by atoms with van der Waals surface area (Å²) in [7, 11) is 0. The van der Waals surface area contributed by atoms with Crippen LogP contribution < -0.4 is 5.56 Å². The summed E-state index contributed by atoms with van der Waals surface area (Å²) >= 11 is 0. The molecule has 27 heavy (non-hydrogen) atoms. The number of imidazole rings is 1. The zero-order valence-electron chi connectivity index (χ0n) is 14.5. The Labute approximate surface area is 153 Å². The molecule has 7 heteroatoms. The maximum Gasteiger partial charge on any atom is 0.338 e. The first-order valence-electron chi connectivity index (χ1n) is 8.46. The fraction of sp³-hybridized carbons (Fsp3) is 0.150. The van der Waals surface area contributed by atoms with Crippen LogP contribution in [-0.4, -0.2) is 26.9 Å². The molecule has 0 radical (unpaired) electrons. The number of rotatable bonds is 4. The summed E-state index contributed by atoms with van der Waals surface area (Å²) in [6.07, 6.45) is 0.260. The number of fused-ring (bicyclic) bond motifs is 3. The lowest BCUT2D eigenvalue weighted by molar-refractivity contribution is 0.0508. The predicted octanol–water partition coefficient (Wildman–Crippen LogP) is 3.02. The first kappa shape index (κ1) is 17.0. The summed E-state index contributed by atoms with van der Waals surface area (Å²) < 4.78 is 19.7. The monoisotopic (exact) mass is 365 g/mol. The molecule has 0 spiro atoms. The van der Waals surface area contributed by atoms with Crippen LogP contribution in [0, 0.1) is 12.7 Å². The SMILES string of the molecule is Cc1[nH]c2nc3ccccc3n2c(=O)c1CCOC(=O)c1ccc(F)cc1. The Kier molecular flexibility index (Phi) is 4.19. The minimum absolute atomic E-state index is 0.0399. The summed E-state index contributed by atoms with van der Waals surface area (Å²) in [5.41, 5.74) is 2.73. The van der Waals surface area contributed by atoms with Gasteiger partial charge in [0.15, 0.2) is 0 Å². The van der Waals surface area contributed by atoms with E-state index in [1.807, 2.05) is 24.3 Å². The Morgan fingerprint density at radius 1 is 1.19 bits per heavy atom. The first-order valence-corrected chi connectivity index (χ1v) is 8.46. The number of hydrogen-bond acceptors (Lipinski definition) is 4. The minimum Gasteiger partial charge on any atom is -0.462 e. The highest BCUT2D eigenvalue weighted by molar-refractivity contribution is 5.89. The maximum atomic E-state index is 12.9. The third-order valence-corrected chi connectivity index (χ3v) is 4.44. The molecule has 0 unspecified atom stereocenters. The average molecular weight is 365 g/mol. The van der Waals surface area contributed by atoms with E-state index in [1.165, 1.54) is 28.7 Å². The van der Waals surface area contributed by atoms with Crippen molar-refractivity contribution in [1.29, 1.82) is 0 Å². The van der Waals surface area contributed by atoms with Crippen molar-refractivity contribution in [3.8, 4) is 0 Å². The van der Waals surface area contributed by atoms with Crippen molar-refractivity contribution >= 4 is 22.8 Å². The normalized spacial score (nSPS) is 11.2. The van der Waals surface area contributed by atoms with Gasteiger partial charge in [0.05, 0.1) is 23.2 Å². The molecule has 0 bridgehead atoms. The van der Waals surface area contributed by atoms with E-state index < -0.39 is 11.8 Å². The highest BCUT2D eigenvalue weighted by Gasteiger charge is 2.14.